The Bertz CT molecular complexity index is 775. The zero-order chi connectivity index (χ0) is 16.2. The molecule has 122 valence electrons. The quantitative estimate of drug-likeness (QED) is 0.604. The van der Waals surface area contributed by atoms with E-state index in [1.54, 1.807) is 0 Å². The van der Waals surface area contributed by atoms with E-state index >= 15 is 0 Å². The molecule has 3 rings (SSSR count). The maximum Gasteiger partial charge on any atom is 0.323 e. The average Bonchev–Trinajstić information content (AvgIpc) is 3.12. The monoisotopic (exact) mass is 315 g/mol. The molecule has 0 saturated heterocycles. The average molecular weight is 315 g/mol. The van der Waals surface area contributed by atoms with Gasteiger partial charge in [-0.3, -0.25) is 4.79 Å². The van der Waals surface area contributed by atoms with Crippen LogP contribution in [0.2, 0.25) is 0 Å². The summed E-state index contributed by atoms with van der Waals surface area (Å²) in [5.41, 5.74) is 2.48. The van der Waals surface area contributed by atoms with Gasteiger partial charge < -0.3 is 20.4 Å². The van der Waals surface area contributed by atoms with Crippen molar-refractivity contribution >= 4 is 16.9 Å². The molecule has 4 N–H and O–H groups in total. The third kappa shape index (κ3) is 3.90. The molecule has 0 aliphatic heterocycles. The van der Waals surface area contributed by atoms with E-state index in [-0.39, 0.29) is 30.2 Å². The lowest BCUT2D eigenvalue weighted by molar-refractivity contribution is -0.121. The molecule has 1 amide bonds. The summed E-state index contributed by atoms with van der Waals surface area (Å²) >= 11 is 0. The molecule has 0 fully saturated rings. The molecule has 1 aromatic heterocycles. The maximum atomic E-state index is 11.9. The van der Waals surface area contributed by atoms with Gasteiger partial charge in [-0.1, -0.05) is 18.2 Å². The molecular formula is C17H21N3O3. The highest BCUT2D eigenvalue weighted by atomic mass is 16.3. The van der Waals surface area contributed by atoms with Crippen LogP contribution < -0.4 is 11.0 Å². The first-order valence-electron chi connectivity index (χ1n) is 7.93. The zero-order valence-electron chi connectivity index (χ0n) is 12.8. The van der Waals surface area contributed by atoms with Crippen LogP contribution in [0.25, 0.3) is 11.0 Å². The first-order valence-corrected chi connectivity index (χ1v) is 7.93. The van der Waals surface area contributed by atoms with Crippen molar-refractivity contribution in [2.75, 3.05) is 6.61 Å². The second-order valence-corrected chi connectivity index (χ2v) is 6.05. The van der Waals surface area contributed by atoms with Gasteiger partial charge in [0.1, 0.15) is 0 Å². The number of amides is 1. The van der Waals surface area contributed by atoms with Crippen molar-refractivity contribution in [3.63, 3.8) is 0 Å². The number of aryl methyl sites for hydroxylation is 1. The van der Waals surface area contributed by atoms with Gasteiger partial charge in [0, 0.05) is 25.0 Å². The number of hydrogen-bond acceptors (Lipinski definition) is 3. The predicted octanol–water partition coefficient (Wildman–Crippen LogP) is 1.23. The van der Waals surface area contributed by atoms with Gasteiger partial charge in [0.15, 0.2) is 0 Å². The van der Waals surface area contributed by atoms with Crippen molar-refractivity contribution < 1.29 is 9.90 Å². The lowest BCUT2D eigenvalue weighted by atomic mass is 10.1. The SMILES string of the molecule is O=C(CCCc1ccc2[nH]c(=O)[nH]c2c1)N[C@@H]1C=C[C@H](CO)C1. The Labute approximate surface area is 133 Å². The summed E-state index contributed by atoms with van der Waals surface area (Å²) in [5.74, 6) is 0.199. The smallest absolute Gasteiger partial charge is 0.323 e. The predicted molar refractivity (Wildman–Crippen MR) is 88.1 cm³/mol. The lowest BCUT2D eigenvalue weighted by Gasteiger charge is -2.12. The number of nitrogens with one attached hydrogen (secondary N) is 3. The molecule has 2 atom stereocenters. The Kier molecular flexibility index (Phi) is 4.62. The summed E-state index contributed by atoms with van der Waals surface area (Å²) in [5, 5.41) is 12.0. The van der Waals surface area contributed by atoms with E-state index in [9.17, 15) is 9.59 Å². The van der Waals surface area contributed by atoms with Crippen molar-refractivity contribution in [1.82, 2.24) is 15.3 Å². The Morgan fingerprint density at radius 2 is 2.09 bits per heavy atom. The van der Waals surface area contributed by atoms with Gasteiger partial charge in [-0.25, -0.2) is 4.79 Å². The minimum atomic E-state index is -0.206. The lowest BCUT2D eigenvalue weighted by Crippen LogP contribution is -2.32. The van der Waals surface area contributed by atoms with E-state index in [2.05, 4.69) is 15.3 Å². The molecule has 2 aromatic rings. The first-order chi connectivity index (χ1) is 11.1. The number of carbonyl (C=O) groups excluding carboxylic acids is 1. The van der Waals surface area contributed by atoms with Crippen LogP contribution in [0.3, 0.4) is 0 Å². The molecule has 0 bridgehead atoms. The van der Waals surface area contributed by atoms with Crippen LogP contribution in [0.4, 0.5) is 0 Å². The molecule has 0 radical (unpaired) electrons. The summed E-state index contributed by atoms with van der Waals surface area (Å²) in [4.78, 5) is 28.6. The molecule has 1 aliphatic rings. The van der Waals surface area contributed by atoms with Crippen molar-refractivity contribution in [2.24, 2.45) is 5.92 Å². The molecule has 0 saturated carbocycles. The third-order valence-corrected chi connectivity index (χ3v) is 4.20. The first kappa shape index (κ1) is 15.6. The van der Waals surface area contributed by atoms with Gasteiger partial charge in [0.05, 0.1) is 11.0 Å². The van der Waals surface area contributed by atoms with E-state index < -0.39 is 0 Å². The maximum absolute atomic E-state index is 11.9. The molecule has 1 aromatic carbocycles. The summed E-state index contributed by atoms with van der Waals surface area (Å²) < 4.78 is 0. The highest BCUT2D eigenvalue weighted by Gasteiger charge is 2.19. The molecule has 6 nitrogen and oxygen atoms in total. The minimum Gasteiger partial charge on any atom is -0.396 e. The fraction of sp³-hybridized carbons (Fsp3) is 0.412. The molecule has 1 aliphatic carbocycles. The molecule has 0 spiro atoms. The molecule has 1 heterocycles. The van der Waals surface area contributed by atoms with Crippen LogP contribution in [-0.2, 0) is 11.2 Å². The van der Waals surface area contributed by atoms with Gasteiger partial charge in [-0.15, -0.1) is 0 Å². The number of hydrogen-bond donors (Lipinski definition) is 4. The number of aliphatic hydroxyl groups is 1. The Balaban J connectivity index is 1.45. The molecule has 0 unspecified atom stereocenters. The minimum absolute atomic E-state index is 0.0365. The van der Waals surface area contributed by atoms with Gasteiger partial charge >= 0.3 is 5.69 Å². The van der Waals surface area contributed by atoms with Crippen molar-refractivity contribution in [2.45, 2.75) is 31.7 Å². The topological polar surface area (TPSA) is 98.0 Å². The standard InChI is InChI=1S/C17H21N3O3/c21-10-12-4-6-13(8-12)18-16(22)3-1-2-11-5-7-14-15(9-11)20-17(23)19-14/h4-7,9,12-13,21H,1-3,8,10H2,(H,18,22)(H2,19,20,23)/t12-,13+/m0/s1. The highest BCUT2D eigenvalue weighted by molar-refractivity contribution is 5.77. The summed E-state index contributed by atoms with van der Waals surface area (Å²) in [7, 11) is 0. The van der Waals surface area contributed by atoms with Gasteiger partial charge in [0.2, 0.25) is 5.91 Å². The number of fused-ring (bicyclic) bond motifs is 1. The van der Waals surface area contributed by atoms with Crippen LogP contribution in [0.1, 0.15) is 24.8 Å². The van der Waals surface area contributed by atoms with Crippen molar-refractivity contribution in [1.29, 1.82) is 0 Å². The normalized spacial score (nSPS) is 20.2. The van der Waals surface area contributed by atoms with Crippen LogP contribution in [0.15, 0.2) is 35.1 Å². The fourth-order valence-electron chi connectivity index (χ4n) is 2.98. The van der Waals surface area contributed by atoms with Crippen LogP contribution in [0.5, 0.6) is 0 Å². The Morgan fingerprint density at radius 1 is 1.26 bits per heavy atom. The largest absolute Gasteiger partial charge is 0.396 e. The summed E-state index contributed by atoms with van der Waals surface area (Å²) in [6, 6.07) is 5.83. The van der Waals surface area contributed by atoms with E-state index in [0.717, 1.165) is 35.9 Å². The van der Waals surface area contributed by atoms with Gasteiger partial charge in [0.25, 0.3) is 0 Å². The number of aliphatic hydroxyl groups excluding tert-OH is 1. The van der Waals surface area contributed by atoms with Crippen molar-refractivity contribution in [3.05, 3.63) is 46.4 Å². The number of aromatic amines is 2. The number of carbonyl (C=O) groups is 1. The molecule has 23 heavy (non-hydrogen) atoms. The van der Waals surface area contributed by atoms with Gasteiger partial charge in [-0.05, 0) is 37.0 Å². The molecular weight excluding hydrogens is 294 g/mol. The Morgan fingerprint density at radius 3 is 2.87 bits per heavy atom. The summed E-state index contributed by atoms with van der Waals surface area (Å²) in [6.45, 7) is 0.132. The number of imidazole rings is 1. The number of aromatic nitrogens is 2. The fourth-order valence-corrected chi connectivity index (χ4v) is 2.98. The van der Waals surface area contributed by atoms with Crippen LogP contribution >= 0.6 is 0 Å². The van der Waals surface area contributed by atoms with Crippen LogP contribution in [-0.4, -0.2) is 33.6 Å². The van der Waals surface area contributed by atoms with Gasteiger partial charge in [-0.2, -0.15) is 0 Å². The second-order valence-electron chi connectivity index (χ2n) is 6.05. The van der Waals surface area contributed by atoms with E-state index in [1.807, 2.05) is 30.4 Å². The number of rotatable bonds is 6. The van der Waals surface area contributed by atoms with Crippen molar-refractivity contribution in [3.8, 4) is 0 Å². The van der Waals surface area contributed by atoms with Crippen LogP contribution in [0, 0.1) is 5.92 Å². The van der Waals surface area contributed by atoms with E-state index in [0.29, 0.717) is 6.42 Å². The van der Waals surface area contributed by atoms with E-state index in [1.165, 1.54) is 0 Å². The second kappa shape index (κ2) is 6.83. The summed E-state index contributed by atoms with van der Waals surface area (Å²) in [6.07, 6.45) is 6.70. The number of benzene rings is 1. The Hall–Kier alpha value is -2.34. The zero-order valence-corrected chi connectivity index (χ0v) is 12.8. The third-order valence-electron chi connectivity index (χ3n) is 4.20. The van der Waals surface area contributed by atoms with E-state index in [4.69, 9.17) is 5.11 Å². The number of H-pyrrole nitrogens is 2. The highest BCUT2D eigenvalue weighted by Crippen LogP contribution is 2.17. The molecule has 6 heteroatoms.